The number of carbonyl (C=O) groups is 1. The van der Waals surface area contributed by atoms with E-state index in [4.69, 9.17) is 0 Å². The van der Waals surface area contributed by atoms with Crippen LogP contribution >= 0.6 is 0 Å². The summed E-state index contributed by atoms with van der Waals surface area (Å²) in [4.78, 5) is 28.4. The molecule has 4 heterocycles. The second-order valence-electron chi connectivity index (χ2n) is 7.04. The topological polar surface area (TPSA) is 88.8 Å². The van der Waals surface area contributed by atoms with E-state index in [1.54, 1.807) is 10.9 Å². The van der Waals surface area contributed by atoms with Crippen molar-refractivity contribution in [2.24, 2.45) is 13.0 Å². The first kappa shape index (κ1) is 17.4. The lowest BCUT2D eigenvalue weighted by atomic mass is 9.97. The maximum atomic E-state index is 12.8. The molecule has 3 aromatic heterocycles. The summed E-state index contributed by atoms with van der Waals surface area (Å²) >= 11 is 0. The van der Waals surface area contributed by atoms with Gasteiger partial charge in [0.15, 0.2) is 5.65 Å². The highest BCUT2D eigenvalue weighted by Crippen LogP contribution is 2.28. The number of amides is 1. The molecule has 0 aliphatic carbocycles. The third-order valence-corrected chi connectivity index (χ3v) is 4.92. The fraction of sp³-hybridized carbons (Fsp3) is 0.421. The molecule has 1 fully saturated rings. The largest absolute Gasteiger partial charge is 0.355 e. The summed E-state index contributed by atoms with van der Waals surface area (Å²) in [7, 11) is 1.87. The molecule has 4 rings (SSSR count). The Balaban J connectivity index is 1.56. The Kier molecular flexibility index (Phi) is 4.47. The molecule has 0 spiro atoms. The predicted molar refractivity (Wildman–Crippen MR) is 104 cm³/mol. The third kappa shape index (κ3) is 3.47. The lowest BCUT2D eigenvalue weighted by Gasteiger charge is -2.33. The molecule has 0 bridgehead atoms. The molecule has 140 valence electrons. The van der Waals surface area contributed by atoms with E-state index in [0.29, 0.717) is 18.2 Å². The molecule has 1 unspecified atom stereocenters. The van der Waals surface area contributed by atoms with Crippen molar-refractivity contribution in [3.63, 3.8) is 0 Å². The Labute approximate surface area is 157 Å². The van der Waals surface area contributed by atoms with Crippen molar-refractivity contribution in [3.8, 4) is 0 Å². The summed E-state index contributed by atoms with van der Waals surface area (Å²) in [5, 5.41) is 8.18. The summed E-state index contributed by atoms with van der Waals surface area (Å²) in [6.07, 6.45) is 3.59. The van der Waals surface area contributed by atoms with Crippen LogP contribution in [0.4, 0.5) is 11.6 Å². The minimum atomic E-state index is -0.108. The molecule has 3 aromatic rings. The molecule has 0 saturated carbocycles. The van der Waals surface area contributed by atoms with E-state index in [9.17, 15) is 4.79 Å². The monoisotopic (exact) mass is 365 g/mol. The number of piperidine rings is 1. The van der Waals surface area contributed by atoms with Gasteiger partial charge in [0.05, 0.1) is 17.5 Å². The van der Waals surface area contributed by atoms with Gasteiger partial charge in [0.25, 0.3) is 0 Å². The highest BCUT2D eigenvalue weighted by Gasteiger charge is 2.28. The Morgan fingerprint density at radius 3 is 2.89 bits per heavy atom. The molecule has 1 amide bonds. The average molecular weight is 365 g/mol. The van der Waals surface area contributed by atoms with Gasteiger partial charge in [-0.1, -0.05) is 6.07 Å². The quantitative estimate of drug-likeness (QED) is 0.766. The van der Waals surface area contributed by atoms with Crippen LogP contribution in [0.15, 0.2) is 24.4 Å². The Morgan fingerprint density at radius 1 is 1.22 bits per heavy atom. The number of hydrogen-bond donors (Lipinski definition) is 1. The summed E-state index contributed by atoms with van der Waals surface area (Å²) in [5.74, 6) is 2.06. The molecule has 8 heteroatoms. The number of pyridine rings is 1. The van der Waals surface area contributed by atoms with Crippen molar-refractivity contribution in [2.75, 3.05) is 23.3 Å². The van der Waals surface area contributed by atoms with Gasteiger partial charge in [-0.2, -0.15) is 5.10 Å². The molecular formula is C19H23N7O. The highest BCUT2D eigenvalue weighted by molar-refractivity contribution is 5.93. The van der Waals surface area contributed by atoms with Gasteiger partial charge in [-0.15, -0.1) is 0 Å². The van der Waals surface area contributed by atoms with Gasteiger partial charge in [0, 0.05) is 25.8 Å². The van der Waals surface area contributed by atoms with E-state index in [-0.39, 0.29) is 11.8 Å². The molecule has 27 heavy (non-hydrogen) atoms. The maximum absolute atomic E-state index is 12.8. The summed E-state index contributed by atoms with van der Waals surface area (Å²) in [6.45, 7) is 5.28. The number of carbonyl (C=O) groups excluding carboxylic acids is 1. The molecule has 1 aliphatic rings. The number of nitrogens with one attached hydrogen (secondary N) is 1. The minimum absolute atomic E-state index is 0.00556. The van der Waals surface area contributed by atoms with Gasteiger partial charge in [-0.25, -0.2) is 15.0 Å². The molecule has 1 aliphatic heterocycles. The molecule has 8 nitrogen and oxygen atoms in total. The fourth-order valence-corrected chi connectivity index (χ4v) is 3.58. The zero-order valence-electron chi connectivity index (χ0n) is 15.8. The van der Waals surface area contributed by atoms with Crippen molar-refractivity contribution in [3.05, 3.63) is 35.9 Å². The highest BCUT2D eigenvalue weighted by atomic mass is 16.2. The van der Waals surface area contributed by atoms with Gasteiger partial charge in [0.1, 0.15) is 17.5 Å². The Hall–Kier alpha value is -3.03. The fourth-order valence-electron chi connectivity index (χ4n) is 3.58. The second-order valence-corrected chi connectivity index (χ2v) is 7.04. The smallest absolute Gasteiger partial charge is 0.230 e. The van der Waals surface area contributed by atoms with Crippen LogP contribution in [0.5, 0.6) is 0 Å². The molecule has 1 N–H and O–H groups in total. The van der Waals surface area contributed by atoms with Crippen molar-refractivity contribution >= 4 is 28.6 Å². The zero-order valence-corrected chi connectivity index (χ0v) is 15.8. The Morgan fingerprint density at radius 2 is 2.07 bits per heavy atom. The third-order valence-electron chi connectivity index (χ3n) is 4.92. The van der Waals surface area contributed by atoms with Crippen LogP contribution in [-0.2, 0) is 11.8 Å². The Bertz CT molecular complexity index is 997. The number of aromatic nitrogens is 5. The van der Waals surface area contributed by atoms with Crippen LogP contribution in [-0.4, -0.2) is 43.7 Å². The number of rotatable bonds is 3. The van der Waals surface area contributed by atoms with Gasteiger partial charge in [0.2, 0.25) is 5.91 Å². The molecule has 1 saturated heterocycles. The van der Waals surface area contributed by atoms with Crippen LogP contribution in [0, 0.1) is 19.8 Å². The van der Waals surface area contributed by atoms with Crippen LogP contribution < -0.4 is 10.2 Å². The van der Waals surface area contributed by atoms with Crippen molar-refractivity contribution in [2.45, 2.75) is 26.7 Å². The zero-order chi connectivity index (χ0) is 19.0. The normalized spacial score (nSPS) is 17.3. The second kappa shape index (κ2) is 6.94. The minimum Gasteiger partial charge on any atom is -0.355 e. The lowest BCUT2D eigenvalue weighted by Crippen LogP contribution is -2.41. The summed E-state index contributed by atoms with van der Waals surface area (Å²) < 4.78 is 1.76. The van der Waals surface area contributed by atoms with E-state index in [2.05, 4.69) is 30.3 Å². The molecule has 0 aromatic carbocycles. The van der Waals surface area contributed by atoms with Gasteiger partial charge >= 0.3 is 0 Å². The van der Waals surface area contributed by atoms with Crippen LogP contribution in [0.1, 0.15) is 24.4 Å². The van der Waals surface area contributed by atoms with Crippen molar-refractivity contribution < 1.29 is 4.79 Å². The SMILES string of the molecule is Cc1cccc(NC(=O)C2CCCN(c3nc(C)nc4c3cnn4C)C2)n1. The summed E-state index contributed by atoms with van der Waals surface area (Å²) in [6, 6.07) is 5.63. The summed E-state index contributed by atoms with van der Waals surface area (Å²) in [5.41, 5.74) is 1.70. The predicted octanol–water partition coefficient (Wildman–Crippen LogP) is 2.23. The lowest BCUT2D eigenvalue weighted by molar-refractivity contribution is -0.120. The standard InChI is InChI=1S/C19H23N7O/c1-12-6-4-8-16(21-12)24-19(27)14-7-5-9-26(11-14)18-15-10-20-25(3)17(15)22-13(2)23-18/h4,6,8,10,14H,5,7,9,11H2,1-3H3,(H,21,24,27). The first-order valence-electron chi connectivity index (χ1n) is 9.17. The van der Waals surface area contributed by atoms with Crippen molar-refractivity contribution in [1.29, 1.82) is 0 Å². The van der Waals surface area contributed by atoms with Crippen LogP contribution in [0.2, 0.25) is 0 Å². The van der Waals surface area contributed by atoms with Gasteiger partial charge < -0.3 is 10.2 Å². The van der Waals surface area contributed by atoms with E-state index in [1.165, 1.54) is 0 Å². The van der Waals surface area contributed by atoms with Crippen LogP contribution in [0.3, 0.4) is 0 Å². The maximum Gasteiger partial charge on any atom is 0.230 e. The van der Waals surface area contributed by atoms with E-state index in [1.807, 2.05) is 39.1 Å². The molecular weight excluding hydrogens is 342 g/mol. The van der Waals surface area contributed by atoms with E-state index >= 15 is 0 Å². The van der Waals surface area contributed by atoms with E-state index < -0.39 is 0 Å². The first-order valence-corrected chi connectivity index (χ1v) is 9.17. The molecule has 0 radical (unpaired) electrons. The average Bonchev–Trinajstić information content (AvgIpc) is 3.02. The van der Waals surface area contributed by atoms with Gasteiger partial charge in [-0.3, -0.25) is 9.48 Å². The first-order chi connectivity index (χ1) is 13.0. The number of anilines is 2. The van der Waals surface area contributed by atoms with E-state index in [0.717, 1.165) is 41.9 Å². The number of hydrogen-bond acceptors (Lipinski definition) is 6. The van der Waals surface area contributed by atoms with Crippen LogP contribution in [0.25, 0.3) is 11.0 Å². The molecule has 1 atom stereocenters. The van der Waals surface area contributed by atoms with Crippen molar-refractivity contribution in [1.82, 2.24) is 24.7 Å². The number of aryl methyl sites for hydroxylation is 3. The number of nitrogens with zero attached hydrogens (tertiary/aromatic N) is 6. The number of fused-ring (bicyclic) bond motifs is 1. The van der Waals surface area contributed by atoms with Gasteiger partial charge in [-0.05, 0) is 38.8 Å².